The Morgan fingerprint density at radius 3 is 2.80 bits per heavy atom. The summed E-state index contributed by atoms with van der Waals surface area (Å²) in [6.45, 7) is 4.96. The van der Waals surface area contributed by atoms with Crippen molar-refractivity contribution in [3.05, 3.63) is 32.6 Å². The molecule has 7 heteroatoms. The van der Waals surface area contributed by atoms with Gasteiger partial charge in [0.25, 0.3) is 0 Å². The standard InChI is InChI=1S/C13H16Cl2N4S/c1-3-6-16-13-17-7-9(14)12(19-13)18-8(2)10-4-5-11(15)20-10/h4-5,7-8H,3,6H2,1-2H3,(H2,16,17,18,19). The Morgan fingerprint density at radius 1 is 1.35 bits per heavy atom. The number of hydrogen-bond acceptors (Lipinski definition) is 5. The molecule has 0 spiro atoms. The van der Waals surface area contributed by atoms with Crippen LogP contribution in [0.4, 0.5) is 11.8 Å². The molecule has 0 aromatic carbocycles. The fourth-order valence-corrected chi connectivity index (χ4v) is 2.84. The van der Waals surface area contributed by atoms with Crippen LogP contribution in [0.25, 0.3) is 0 Å². The van der Waals surface area contributed by atoms with E-state index >= 15 is 0 Å². The van der Waals surface area contributed by atoms with E-state index in [1.807, 2.05) is 19.1 Å². The molecule has 2 N–H and O–H groups in total. The van der Waals surface area contributed by atoms with Crippen LogP contribution >= 0.6 is 34.5 Å². The topological polar surface area (TPSA) is 49.8 Å². The molecule has 20 heavy (non-hydrogen) atoms. The van der Waals surface area contributed by atoms with Crippen molar-refractivity contribution in [3.63, 3.8) is 0 Å². The average molecular weight is 331 g/mol. The lowest BCUT2D eigenvalue weighted by Gasteiger charge is -2.14. The lowest BCUT2D eigenvalue weighted by Crippen LogP contribution is -2.10. The summed E-state index contributed by atoms with van der Waals surface area (Å²) in [4.78, 5) is 9.67. The van der Waals surface area contributed by atoms with Gasteiger partial charge in [-0.3, -0.25) is 0 Å². The second-order valence-electron chi connectivity index (χ2n) is 4.32. The first-order valence-electron chi connectivity index (χ1n) is 6.38. The van der Waals surface area contributed by atoms with Gasteiger partial charge in [0.15, 0.2) is 5.82 Å². The third kappa shape index (κ3) is 3.98. The van der Waals surface area contributed by atoms with Gasteiger partial charge in [-0.1, -0.05) is 30.1 Å². The van der Waals surface area contributed by atoms with Crippen LogP contribution in [0.5, 0.6) is 0 Å². The van der Waals surface area contributed by atoms with Crippen LogP contribution in [-0.4, -0.2) is 16.5 Å². The minimum absolute atomic E-state index is 0.0823. The SMILES string of the molecule is CCCNc1ncc(Cl)c(NC(C)c2ccc(Cl)s2)n1. The van der Waals surface area contributed by atoms with Crippen molar-refractivity contribution >= 4 is 46.3 Å². The summed E-state index contributed by atoms with van der Waals surface area (Å²) in [5.41, 5.74) is 0. The van der Waals surface area contributed by atoms with E-state index in [-0.39, 0.29) is 6.04 Å². The van der Waals surface area contributed by atoms with Gasteiger partial charge in [0, 0.05) is 11.4 Å². The molecule has 0 aliphatic rings. The van der Waals surface area contributed by atoms with Crippen molar-refractivity contribution in [2.24, 2.45) is 0 Å². The third-order valence-electron chi connectivity index (χ3n) is 2.65. The van der Waals surface area contributed by atoms with Gasteiger partial charge in [-0.25, -0.2) is 4.98 Å². The van der Waals surface area contributed by atoms with Crippen molar-refractivity contribution in [1.29, 1.82) is 0 Å². The molecule has 0 aliphatic carbocycles. The zero-order chi connectivity index (χ0) is 14.5. The molecular formula is C13H16Cl2N4S. The molecule has 2 heterocycles. The minimum atomic E-state index is 0.0823. The number of nitrogens with zero attached hydrogens (tertiary/aromatic N) is 2. The molecule has 0 fully saturated rings. The maximum Gasteiger partial charge on any atom is 0.224 e. The van der Waals surface area contributed by atoms with Gasteiger partial charge >= 0.3 is 0 Å². The quantitative estimate of drug-likeness (QED) is 0.795. The van der Waals surface area contributed by atoms with E-state index in [2.05, 4.69) is 27.5 Å². The number of halogens is 2. The predicted molar refractivity (Wildman–Crippen MR) is 87.2 cm³/mol. The van der Waals surface area contributed by atoms with Crippen molar-refractivity contribution < 1.29 is 0 Å². The van der Waals surface area contributed by atoms with Crippen molar-refractivity contribution in [2.45, 2.75) is 26.3 Å². The first-order chi connectivity index (χ1) is 9.60. The minimum Gasteiger partial charge on any atom is -0.361 e. The zero-order valence-corrected chi connectivity index (χ0v) is 13.6. The van der Waals surface area contributed by atoms with E-state index in [1.165, 1.54) is 11.3 Å². The summed E-state index contributed by atoms with van der Waals surface area (Å²) in [7, 11) is 0. The van der Waals surface area contributed by atoms with Gasteiger partial charge in [-0.05, 0) is 25.5 Å². The lowest BCUT2D eigenvalue weighted by atomic mass is 10.3. The number of anilines is 2. The molecule has 2 aromatic rings. The number of rotatable bonds is 6. The summed E-state index contributed by atoms with van der Waals surface area (Å²) in [5.74, 6) is 1.20. The number of hydrogen-bond donors (Lipinski definition) is 2. The van der Waals surface area contributed by atoms with E-state index in [4.69, 9.17) is 23.2 Å². The zero-order valence-electron chi connectivity index (χ0n) is 11.3. The summed E-state index contributed by atoms with van der Waals surface area (Å²) >= 11 is 13.6. The van der Waals surface area contributed by atoms with Gasteiger partial charge < -0.3 is 10.6 Å². The largest absolute Gasteiger partial charge is 0.361 e. The Labute approximate surface area is 132 Å². The molecule has 0 saturated heterocycles. The summed E-state index contributed by atoms with van der Waals surface area (Å²) in [5, 5.41) is 6.93. The van der Waals surface area contributed by atoms with Crippen LogP contribution in [0, 0.1) is 0 Å². The van der Waals surface area contributed by atoms with Crippen LogP contribution in [-0.2, 0) is 0 Å². The van der Waals surface area contributed by atoms with Crippen LogP contribution in [0.2, 0.25) is 9.36 Å². The molecule has 108 valence electrons. The Balaban J connectivity index is 2.11. The van der Waals surface area contributed by atoms with E-state index < -0.39 is 0 Å². The highest BCUT2D eigenvalue weighted by molar-refractivity contribution is 7.16. The second kappa shape index (κ2) is 7.11. The number of nitrogens with one attached hydrogen (secondary N) is 2. The smallest absolute Gasteiger partial charge is 0.224 e. The van der Waals surface area contributed by atoms with Gasteiger partial charge in [-0.2, -0.15) is 4.98 Å². The van der Waals surface area contributed by atoms with Gasteiger partial charge in [0.2, 0.25) is 5.95 Å². The Hall–Kier alpha value is -1.04. The van der Waals surface area contributed by atoms with E-state index in [1.54, 1.807) is 6.20 Å². The van der Waals surface area contributed by atoms with E-state index in [0.717, 1.165) is 22.2 Å². The molecular weight excluding hydrogens is 315 g/mol. The highest BCUT2D eigenvalue weighted by Gasteiger charge is 2.12. The fourth-order valence-electron chi connectivity index (χ4n) is 1.63. The molecule has 2 rings (SSSR count). The van der Waals surface area contributed by atoms with Gasteiger partial charge in [0.05, 0.1) is 16.6 Å². The number of thiophene rings is 1. The Morgan fingerprint density at radius 2 is 2.15 bits per heavy atom. The molecule has 2 aromatic heterocycles. The average Bonchev–Trinajstić information content (AvgIpc) is 2.86. The van der Waals surface area contributed by atoms with E-state index in [9.17, 15) is 0 Å². The Kier molecular flexibility index (Phi) is 5.46. The van der Waals surface area contributed by atoms with Crippen molar-refractivity contribution in [1.82, 2.24) is 9.97 Å². The van der Waals surface area contributed by atoms with Gasteiger partial charge in [-0.15, -0.1) is 11.3 Å². The first kappa shape index (κ1) is 15.4. The van der Waals surface area contributed by atoms with Crippen LogP contribution < -0.4 is 10.6 Å². The maximum atomic E-state index is 6.13. The Bertz CT molecular complexity index is 573. The monoisotopic (exact) mass is 330 g/mol. The van der Waals surface area contributed by atoms with Crippen LogP contribution in [0.1, 0.15) is 31.2 Å². The van der Waals surface area contributed by atoms with Crippen LogP contribution in [0.15, 0.2) is 18.3 Å². The predicted octanol–water partition coefficient (Wildman–Crippen LogP) is 4.84. The lowest BCUT2D eigenvalue weighted by molar-refractivity contribution is 0.889. The normalized spacial score (nSPS) is 12.2. The molecule has 0 radical (unpaired) electrons. The molecule has 1 atom stereocenters. The molecule has 0 aliphatic heterocycles. The summed E-state index contributed by atoms with van der Waals surface area (Å²) in [6.07, 6.45) is 2.61. The number of aromatic nitrogens is 2. The van der Waals surface area contributed by atoms with Crippen molar-refractivity contribution in [3.8, 4) is 0 Å². The summed E-state index contributed by atoms with van der Waals surface area (Å²) in [6, 6.07) is 3.96. The second-order valence-corrected chi connectivity index (χ2v) is 6.48. The highest BCUT2D eigenvalue weighted by atomic mass is 35.5. The molecule has 0 saturated carbocycles. The van der Waals surface area contributed by atoms with Gasteiger partial charge in [0.1, 0.15) is 5.02 Å². The third-order valence-corrected chi connectivity index (χ3v) is 4.34. The van der Waals surface area contributed by atoms with Crippen LogP contribution in [0.3, 0.4) is 0 Å². The van der Waals surface area contributed by atoms with Crippen molar-refractivity contribution in [2.75, 3.05) is 17.2 Å². The first-order valence-corrected chi connectivity index (χ1v) is 7.95. The molecule has 1 unspecified atom stereocenters. The highest BCUT2D eigenvalue weighted by Crippen LogP contribution is 2.30. The van der Waals surface area contributed by atoms with E-state index in [0.29, 0.717) is 16.8 Å². The maximum absolute atomic E-state index is 6.13. The molecule has 4 nitrogen and oxygen atoms in total. The fraction of sp³-hybridized carbons (Fsp3) is 0.385. The molecule has 0 bridgehead atoms. The summed E-state index contributed by atoms with van der Waals surface area (Å²) < 4.78 is 0.771. The molecule has 0 amide bonds.